The maximum atomic E-state index is 5.31. The lowest BCUT2D eigenvalue weighted by atomic mass is 9.80. The molecule has 0 unspecified atom stereocenters. The molecule has 2 rings (SSSR count). The summed E-state index contributed by atoms with van der Waals surface area (Å²) in [7, 11) is 0. The van der Waals surface area contributed by atoms with Crippen LogP contribution in [0.1, 0.15) is 52.7 Å². The van der Waals surface area contributed by atoms with E-state index in [0.29, 0.717) is 12.5 Å². The first kappa shape index (κ1) is 15.8. The summed E-state index contributed by atoms with van der Waals surface area (Å²) in [5.74, 6) is 1.49. The third-order valence-electron chi connectivity index (χ3n) is 4.29. The number of hydrogen-bond donors (Lipinski definition) is 0. The number of rotatable bonds is 6. The average molecular weight is 285 g/mol. The first-order chi connectivity index (χ1) is 9.89. The lowest BCUT2D eigenvalue weighted by Crippen LogP contribution is -2.17. The molecule has 0 aliphatic heterocycles. The zero-order valence-corrected chi connectivity index (χ0v) is 13.8. The summed E-state index contributed by atoms with van der Waals surface area (Å²) >= 11 is 0. The van der Waals surface area contributed by atoms with Crippen molar-refractivity contribution in [3.05, 3.63) is 47.5 Å². The first-order valence-corrected chi connectivity index (χ1v) is 7.76. The summed E-state index contributed by atoms with van der Waals surface area (Å²) in [6, 6.07) is 3.87. The molecule has 2 heteroatoms. The fourth-order valence-corrected chi connectivity index (χ4v) is 3.13. The summed E-state index contributed by atoms with van der Waals surface area (Å²) < 4.78 is 5.31. The van der Waals surface area contributed by atoms with Gasteiger partial charge in [0.1, 0.15) is 5.76 Å². The fraction of sp³-hybridized carbons (Fsp3) is 0.526. The Morgan fingerprint density at radius 2 is 2.29 bits per heavy atom. The molecule has 1 aromatic rings. The Labute approximate surface area is 128 Å². The zero-order chi connectivity index (χ0) is 15.5. The van der Waals surface area contributed by atoms with E-state index in [-0.39, 0.29) is 5.41 Å². The predicted molar refractivity (Wildman–Crippen MR) is 89.5 cm³/mol. The molecule has 1 aliphatic rings. The Bertz CT molecular complexity index is 546. The Balaban J connectivity index is 2.01. The molecule has 0 fully saturated rings. The highest BCUT2D eigenvalue weighted by atomic mass is 16.3. The highest BCUT2D eigenvalue weighted by Gasteiger charge is 2.28. The monoisotopic (exact) mass is 285 g/mol. The summed E-state index contributed by atoms with van der Waals surface area (Å²) in [5.41, 5.74) is 4.50. The molecule has 0 spiro atoms. The van der Waals surface area contributed by atoms with E-state index in [1.165, 1.54) is 18.4 Å². The molecule has 114 valence electrons. The number of furan rings is 1. The van der Waals surface area contributed by atoms with E-state index in [2.05, 4.69) is 45.5 Å². The largest absolute Gasteiger partial charge is 0.467 e. The van der Waals surface area contributed by atoms with Crippen molar-refractivity contribution in [2.24, 2.45) is 16.3 Å². The van der Waals surface area contributed by atoms with Crippen molar-refractivity contribution >= 4 is 6.21 Å². The Morgan fingerprint density at radius 1 is 1.52 bits per heavy atom. The molecule has 0 amide bonds. The van der Waals surface area contributed by atoms with Gasteiger partial charge in [0.15, 0.2) is 0 Å². The summed E-state index contributed by atoms with van der Waals surface area (Å²) in [5, 5.41) is 0. The quantitative estimate of drug-likeness (QED) is 0.495. The summed E-state index contributed by atoms with van der Waals surface area (Å²) in [6.07, 6.45) is 7.30. The maximum absolute atomic E-state index is 5.31. The standard InChI is InChI=1S/C19H27NO/c1-14(2)17-9-8-15(3)18(17)11-19(4,5)13-20-12-16-7-6-10-21-16/h6-7,10,13,17H,1,8-9,11-12H2,2-5H3/t17-/m0/s1. The predicted octanol–water partition coefficient (Wildman–Crippen LogP) is 5.57. The van der Waals surface area contributed by atoms with E-state index in [9.17, 15) is 0 Å². The number of aliphatic imine (C=N–C) groups is 1. The van der Waals surface area contributed by atoms with Gasteiger partial charge in [-0.2, -0.15) is 0 Å². The maximum Gasteiger partial charge on any atom is 0.125 e. The molecule has 0 bridgehead atoms. The molecular formula is C19H27NO. The van der Waals surface area contributed by atoms with Crippen molar-refractivity contribution in [2.45, 2.75) is 53.5 Å². The van der Waals surface area contributed by atoms with Gasteiger partial charge in [-0.25, -0.2) is 0 Å². The van der Waals surface area contributed by atoms with Crippen molar-refractivity contribution in [1.29, 1.82) is 0 Å². The van der Waals surface area contributed by atoms with Gasteiger partial charge in [0.05, 0.1) is 12.8 Å². The van der Waals surface area contributed by atoms with E-state index < -0.39 is 0 Å². The topological polar surface area (TPSA) is 25.5 Å². The lowest BCUT2D eigenvalue weighted by Gasteiger charge is -2.25. The molecule has 1 aliphatic carbocycles. The Kier molecular flexibility index (Phi) is 4.87. The average Bonchev–Trinajstić information content (AvgIpc) is 3.00. The molecule has 0 radical (unpaired) electrons. The smallest absolute Gasteiger partial charge is 0.125 e. The first-order valence-electron chi connectivity index (χ1n) is 7.76. The molecular weight excluding hydrogens is 258 g/mol. The Morgan fingerprint density at radius 3 is 2.90 bits per heavy atom. The third-order valence-corrected chi connectivity index (χ3v) is 4.29. The van der Waals surface area contributed by atoms with Gasteiger partial charge >= 0.3 is 0 Å². The normalized spacial score (nSPS) is 19.7. The van der Waals surface area contributed by atoms with Gasteiger partial charge in [-0.15, -0.1) is 0 Å². The van der Waals surface area contributed by atoms with Crippen molar-refractivity contribution in [2.75, 3.05) is 0 Å². The van der Waals surface area contributed by atoms with Crippen LogP contribution in [0.15, 0.2) is 51.1 Å². The third kappa shape index (κ3) is 4.20. The molecule has 0 N–H and O–H groups in total. The molecule has 2 nitrogen and oxygen atoms in total. The molecule has 0 aromatic carbocycles. The number of allylic oxidation sites excluding steroid dienone is 3. The minimum absolute atomic E-state index is 0.0707. The van der Waals surface area contributed by atoms with Crippen LogP contribution in [0.3, 0.4) is 0 Å². The van der Waals surface area contributed by atoms with E-state index in [1.807, 2.05) is 12.1 Å². The molecule has 1 atom stereocenters. The van der Waals surface area contributed by atoms with E-state index in [0.717, 1.165) is 12.2 Å². The van der Waals surface area contributed by atoms with Crippen molar-refractivity contribution in [3.8, 4) is 0 Å². The van der Waals surface area contributed by atoms with Gasteiger partial charge in [-0.05, 0) is 45.2 Å². The van der Waals surface area contributed by atoms with E-state index in [1.54, 1.807) is 17.4 Å². The van der Waals surface area contributed by atoms with Crippen LogP contribution >= 0.6 is 0 Å². The van der Waals surface area contributed by atoms with E-state index >= 15 is 0 Å². The van der Waals surface area contributed by atoms with Crippen LogP contribution in [0.2, 0.25) is 0 Å². The van der Waals surface area contributed by atoms with Crippen LogP contribution in [0.25, 0.3) is 0 Å². The van der Waals surface area contributed by atoms with Crippen molar-refractivity contribution in [1.82, 2.24) is 0 Å². The second-order valence-electron chi connectivity index (χ2n) is 6.96. The van der Waals surface area contributed by atoms with Gasteiger partial charge in [-0.1, -0.05) is 37.1 Å². The second kappa shape index (κ2) is 6.46. The SMILES string of the molecule is C=C(C)[C@@H]1CCC(C)=C1CC(C)(C)C=NCc1ccco1. The summed E-state index contributed by atoms with van der Waals surface area (Å²) in [6.45, 7) is 13.7. The van der Waals surface area contributed by atoms with Gasteiger partial charge < -0.3 is 4.42 Å². The minimum Gasteiger partial charge on any atom is -0.467 e. The van der Waals surface area contributed by atoms with Crippen molar-refractivity contribution in [3.63, 3.8) is 0 Å². The number of hydrogen-bond acceptors (Lipinski definition) is 2. The van der Waals surface area contributed by atoms with Gasteiger partial charge in [0.25, 0.3) is 0 Å². The highest BCUT2D eigenvalue weighted by Crippen LogP contribution is 2.41. The fourth-order valence-electron chi connectivity index (χ4n) is 3.13. The van der Waals surface area contributed by atoms with Gasteiger partial charge in [-0.3, -0.25) is 4.99 Å². The summed E-state index contributed by atoms with van der Waals surface area (Å²) in [4.78, 5) is 4.56. The molecule has 0 saturated heterocycles. The van der Waals surface area contributed by atoms with Crippen LogP contribution in [0.4, 0.5) is 0 Å². The van der Waals surface area contributed by atoms with Gasteiger partial charge in [0, 0.05) is 17.5 Å². The van der Waals surface area contributed by atoms with Crippen LogP contribution in [-0.2, 0) is 6.54 Å². The molecule has 1 aromatic heterocycles. The minimum atomic E-state index is 0.0707. The highest BCUT2D eigenvalue weighted by molar-refractivity contribution is 5.65. The van der Waals surface area contributed by atoms with Crippen LogP contribution in [0, 0.1) is 11.3 Å². The van der Waals surface area contributed by atoms with Crippen LogP contribution in [-0.4, -0.2) is 6.21 Å². The van der Waals surface area contributed by atoms with Gasteiger partial charge in [0.2, 0.25) is 0 Å². The Hall–Kier alpha value is -1.57. The molecule has 0 saturated carbocycles. The van der Waals surface area contributed by atoms with Crippen molar-refractivity contribution < 1.29 is 4.42 Å². The molecule has 1 heterocycles. The lowest BCUT2D eigenvalue weighted by molar-refractivity contribution is 0.493. The second-order valence-corrected chi connectivity index (χ2v) is 6.96. The number of nitrogens with zero attached hydrogens (tertiary/aromatic N) is 1. The van der Waals surface area contributed by atoms with E-state index in [4.69, 9.17) is 4.42 Å². The molecule has 21 heavy (non-hydrogen) atoms. The van der Waals surface area contributed by atoms with Crippen LogP contribution in [0.5, 0.6) is 0 Å². The van der Waals surface area contributed by atoms with Crippen LogP contribution < -0.4 is 0 Å². The zero-order valence-electron chi connectivity index (χ0n) is 13.8.